The molecule has 0 spiro atoms. The number of likely N-dealkylation sites (tertiary alicyclic amines) is 1. The van der Waals surface area contributed by atoms with Crippen molar-refractivity contribution in [3.63, 3.8) is 0 Å². The van der Waals surface area contributed by atoms with Gasteiger partial charge in [0.2, 0.25) is 0 Å². The number of nitrogens with one attached hydrogen (secondary N) is 1. The average molecular weight is 655 g/mol. The molecule has 0 bridgehead atoms. The van der Waals surface area contributed by atoms with Crippen LogP contribution in [0.1, 0.15) is 43.6 Å². The Hall–Kier alpha value is -5.16. The summed E-state index contributed by atoms with van der Waals surface area (Å²) >= 11 is 0. The van der Waals surface area contributed by atoms with Crippen molar-refractivity contribution in [1.82, 2.24) is 14.7 Å². The van der Waals surface area contributed by atoms with E-state index in [1.807, 2.05) is 6.07 Å². The second-order valence-electron chi connectivity index (χ2n) is 11.9. The van der Waals surface area contributed by atoms with Crippen molar-refractivity contribution in [2.24, 2.45) is 0 Å². The molecular weight excluding hydrogens is 622 g/mol. The van der Waals surface area contributed by atoms with Crippen LogP contribution in [0.15, 0.2) is 79.0 Å². The molecule has 0 saturated carbocycles. The van der Waals surface area contributed by atoms with Gasteiger partial charge in [-0.15, -0.1) is 0 Å². The summed E-state index contributed by atoms with van der Waals surface area (Å²) in [6, 6.07) is 19.2. The monoisotopic (exact) mass is 654 g/mol. The Balaban J connectivity index is 1.19. The van der Waals surface area contributed by atoms with Crippen LogP contribution in [-0.4, -0.2) is 85.2 Å². The number of aromatic nitrogens is 2. The van der Waals surface area contributed by atoms with Crippen LogP contribution in [0.4, 0.5) is 20.2 Å². The van der Waals surface area contributed by atoms with Gasteiger partial charge < -0.3 is 24.4 Å². The van der Waals surface area contributed by atoms with Gasteiger partial charge in [-0.1, -0.05) is 42.5 Å². The van der Waals surface area contributed by atoms with Gasteiger partial charge in [0, 0.05) is 42.0 Å². The number of halogens is 2. The molecule has 11 nitrogen and oxygen atoms in total. The number of nitrogens with zero attached hydrogens (tertiary/aromatic N) is 5. The highest BCUT2D eigenvalue weighted by molar-refractivity contribution is 6.13. The minimum atomic E-state index is -3.23. The predicted octanol–water partition coefficient (Wildman–Crippen LogP) is 4.46. The number of hydrogen-bond donors (Lipinski definition) is 1. The lowest BCUT2D eigenvalue weighted by Gasteiger charge is -2.37. The summed E-state index contributed by atoms with van der Waals surface area (Å²) in [5.41, 5.74) is 0.877. The molecule has 2 saturated heterocycles. The van der Waals surface area contributed by atoms with Gasteiger partial charge in [0.1, 0.15) is 17.9 Å². The molecule has 246 valence electrons. The maximum Gasteiger partial charge on any atom is 0.298 e. The Kier molecular flexibility index (Phi) is 8.38. The number of hydrogen-bond acceptors (Lipinski definition) is 8. The van der Waals surface area contributed by atoms with Crippen LogP contribution < -0.4 is 15.0 Å². The molecule has 3 aromatic carbocycles. The van der Waals surface area contributed by atoms with Crippen molar-refractivity contribution in [3.8, 4) is 11.8 Å². The molecule has 13 heteroatoms. The Bertz CT molecular complexity index is 1870. The fourth-order valence-corrected chi connectivity index (χ4v) is 6.45. The highest BCUT2D eigenvalue weighted by Gasteiger charge is 2.48. The summed E-state index contributed by atoms with van der Waals surface area (Å²) in [6.45, 7) is 3.32. The molecule has 2 amide bonds. The average Bonchev–Trinajstić information content (AvgIpc) is 3.70. The van der Waals surface area contributed by atoms with Gasteiger partial charge in [0.05, 0.1) is 56.5 Å². The standard InChI is InChI=1S/C35H32F2N6O5/c1-46-31-12-7-22(15-23(31)16-38)33(44)40-28-17-39-43-30-19-41(13-14-48-27-20-47-21-27)18-29(30)42(34(45)32(28)43)26-10-8-25(9-11-26)35(36,37)24-5-3-2-4-6-24/h2-12,15,17,27,29-30H,13-14,18-21H2,1H3,(H,40,44)/t29-,30-/m0/s1. The van der Waals surface area contributed by atoms with Crippen LogP contribution in [-0.2, 0) is 15.4 Å². The van der Waals surface area contributed by atoms with Crippen molar-refractivity contribution < 1.29 is 32.6 Å². The number of methoxy groups -OCH3 is 1. The quantitative estimate of drug-likeness (QED) is 0.266. The molecule has 3 aliphatic rings. The smallest absolute Gasteiger partial charge is 0.298 e. The Morgan fingerprint density at radius 2 is 1.79 bits per heavy atom. The van der Waals surface area contributed by atoms with E-state index in [-0.39, 0.29) is 51.8 Å². The largest absolute Gasteiger partial charge is 0.495 e. The van der Waals surface area contributed by atoms with E-state index in [2.05, 4.69) is 15.3 Å². The molecular formula is C35H32F2N6O5. The second kappa shape index (κ2) is 12.8. The Labute approximate surface area is 275 Å². The maximum absolute atomic E-state index is 15.4. The zero-order valence-corrected chi connectivity index (χ0v) is 26.0. The second-order valence-corrected chi connectivity index (χ2v) is 11.9. The molecule has 2 atom stereocenters. The SMILES string of the molecule is COc1ccc(C(=O)Nc2cnn3c2C(=O)N(c2ccc(C(F)(F)c4ccccc4)cc2)[C@H]2CN(CCOC4COC4)C[C@@H]23)cc1C#N. The number of carbonyl (C=O) groups is 2. The molecule has 4 aromatic rings. The lowest BCUT2D eigenvalue weighted by molar-refractivity contribution is -0.131. The predicted molar refractivity (Wildman–Crippen MR) is 170 cm³/mol. The van der Waals surface area contributed by atoms with Gasteiger partial charge in [0.25, 0.3) is 17.7 Å². The number of ether oxygens (including phenoxy) is 3. The minimum absolute atomic E-state index is 0.0827. The Morgan fingerprint density at radius 1 is 1.06 bits per heavy atom. The summed E-state index contributed by atoms with van der Waals surface area (Å²) in [5, 5.41) is 16.8. The van der Waals surface area contributed by atoms with Crippen molar-refractivity contribution in [2.45, 2.75) is 24.1 Å². The summed E-state index contributed by atoms with van der Waals surface area (Å²) in [6.07, 6.45) is 1.52. The highest BCUT2D eigenvalue weighted by atomic mass is 19.3. The van der Waals surface area contributed by atoms with E-state index in [9.17, 15) is 14.9 Å². The number of anilines is 2. The van der Waals surface area contributed by atoms with E-state index in [1.54, 1.807) is 27.8 Å². The third kappa shape index (κ3) is 5.68. The maximum atomic E-state index is 15.4. The molecule has 1 aromatic heterocycles. The zero-order chi connectivity index (χ0) is 33.4. The van der Waals surface area contributed by atoms with E-state index in [0.29, 0.717) is 50.9 Å². The molecule has 0 unspecified atom stereocenters. The summed E-state index contributed by atoms with van der Waals surface area (Å²) in [4.78, 5) is 31.5. The summed E-state index contributed by atoms with van der Waals surface area (Å²) < 4.78 is 48.7. The van der Waals surface area contributed by atoms with Gasteiger partial charge in [0.15, 0.2) is 5.69 Å². The first-order chi connectivity index (χ1) is 23.3. The Morgan fingerprint density at radius 3 is 2.48 bits per heavy atom. The van der Waals surface area contributed by atoms with E-state index < -0.39 is 17.7 Å². The molecule has 4 heterocycles. The molecule has 48 heavy (non-hydrogen) atoms. The molecule has 7 rings (SSSR count). The first-order valence-electron chi connectivity index (χ1n) is 15.5. The van der Waals surface area contributed by atoms with Crippen molar-refractivity contribution in [2.75, 3.05) is 56.8 Å². The van der Waals surface area contributed by atoms with Crippen LogP contribution in [0.5, 0.6) is 5.75 Å². The van der Waals surface area contributed by atoms with E-state index in [4.69, 9.17) is 14.2 Å². The fraction of sp³-hybridized carbons (Fsp3) is 0.314. The lowest BCUT2D eigenvalue weighted by Crippen LogP contribution is -2.51. The van der Waals surface area contributed by atoms with E-state index in [0.717, 1.165) is 0 Å². The molecule has 2 fully saturated rings. The number of alkyl halides is 2. The topological polar surface area (TPSA) is 122 Å². The van der Waals surface area contributed by atoms with Crippen LogP contribution in [0.25, 0.3) is 0 Å². The lowest BCUT2D eigenvalue weighted by atomic mass is 9.99. The number of amides is 2. The zero-order valence-electron chi connectivity index (χ0n) is 26.0. The van der Waals surface area contributed by atoms with E-state index in [1.165, 1.54) is 67.9 Å². The summed E-state index contributed by atoms with van der Waals surface area (Å²) in [5.74, 6) is -3.86. The fourth-order valence-electron chi connectivity index (χ4n) is 6.45. The van der Waals surface area contributed by atoms with Crippen LogP contribution in [0.2, 0.25) is 0 Å². The number of fused-ring (bicyclic) bond motifs is 3. The minimum Gasteiger partial charge on any atom is -0.495 e. The number of benzene rings is 3. The van der Waals surface area contributed by atoms with E-state index >= 15 is 8.78 Å². The van der Waals surface area contributed by atoms with Crippen LogP contribution >= 0.6 is 0 Å². The van der Waals surface area contributed by atoms with Crippen molar-refractivity contribution >= 4 is 23.2 Å². The normalized spacial score (nSPS) is 19.3. The van der Waals surface area contributed by atoms with Gasteiger partial charge in [-0.05, 0) is 30.3 Å². The first kappa shape index (κ1) is 31.4. The highest BCUT2D eigenvalue weighted by Crippen LogP contribution is 2.41. The number of carbonyl (C=O) groups excluding carboxylic acids is 2. The summed E-state index contributed by atoms with van der Waals surface area (Å²) in [7, 11) is 1.43. The van der Waals surface area contributed by atoms with Crippen molar-refractivity contribution in [3.05, 3.63) is 107 Å². The van der Waals surface area contributed by atoms with Crippen LogP contribution in [0, 0.1) is 11.3 Å². The van der Waals surface area contributed by atoms with Gasteiger partial charge in [-0.25, -0.2) is 0 Å². The van der Waals surface area contributed by atoms with Crippen LogP contribution in [0.3, 0.4) is 0 Å². The third-order valence-electron chi connectivity index (χ3n) is 9.04. The van der Waals surface area contributed by atoms with Gasteiger partial charge in [-0.3, -0.25) is 19.2 Å². The first-order valence-corrected chi connectivity index (χ1v) is 15.5. The molecule has 1 N–H and O–H groups in total. The van der Waals surface area contributed by atoms with Gasteiger partial charge in [-0.2, -0.15) is 19.1 Å². The third-order valence-corrected chi connectivity index (χ3v) is 9.04. The molecule has 3 aliphatic heterocycles. The molecule has 0 radical (unpaired) electrons. The molecule has 0 aliphatic carbocycles. The number of nitriles is 1. The van der Waals surface area contributed by atoms with Crippen molar-refractivity contribution in [1.29, 1.82) is 5.26 Å². The van der Waals surface area contributed by atoms with Gasteiger partial charge >= 0.3 is 0 Å². The number of rotatable bonds is 10.